The van der Waals surface area contributed by atoms with E-state index in [2.05, 4.69) is 46.6 Å². The highest BCUT2D eigenvalue weighted by Gasteiger charge is 2.02. The van der Waals surface area contributed by atoms with Gasteiger partial charge in [-0.3, -0.25) is 0 Å². The molecule has 0 amide bonds. The summed E-state index contributed by atoms with van der Waals surface area (Å²) in [6.07, 6.45) is 1.85. The van der Waals surface area contributed by atoms with Crippen LogP contribution in [0.25, 0.3) is 5.65 Å². The minimum Gasteiger partial charge on any atom is -0.365 e. The van der Waals surface area contributed by atoms with E-state index < -0.39 is 0 Å². The Morgan fingerprint density at radius 1 is 1.25 bits per heavy atom. The third-order valence-corrected chi connectivity index (χ3v) is 3.14. The van der Waals surface area contributed by atoms with Gasteiger partial charge in [-0.1, -0.05) is 29.8 Å². The van der Waals surface area contributed by atoms with Crippen LogP contribution >= 0.6 is 0 Å². The molecule has 0 bridgehead atoms. The summed E-state index contributed by atoms with van der Waals surface area (Å²) in [7, 11) is 0. The van der Waals surface area contributed by atoms with Crippen LogP contribution in [0.5, 0.6) is 0 Å². The van der Waals surface area contributed by atoms with Gasteiger partial charge in [0.2, 0.25) is 0 Å². The molecule has 3 aromatic rings. The van der Waals surface area contributed by atoms with E-state index in [0.29, 0.717) is 6.54 Å². The van der Waals surface area contributed by atoms with Gasteiger partial charge in [-0.05, 0) is 24.6 Å². The number of aromatic nitrogens is 3. The van der Waals surface area contributed by atoms with Gasteiger partial charge < -0.3 is 11.1 Å². The Hall–Kier alpha value is -2.40. The molecule has 0 saturated heterocycles. The SMILES string of the molecule is Cc1cccc(CNc2ccc3nc(CN)cn3n2)c1. The maximum Gasteiger partial charge on any atom is 0.153 e. The number of benzene rings is 1. The van der Waals surface area contributed by atoms with Crippen molar-refractivity contribution in [2.24, 2.45) is 5.73 Å². The van der Waals surface area contributed by atoms with Gasteiger partial charge in [0.15, 0.2) is 5.65 Å². The molecule has 0 spiro atoms. The molecule has 0 saturated carbocycles. The van der Waals surface area contributed by atoms with Crippen LogP contribution in [0.2, 0.25) is 0 Å². The molecule has 3 rings (SSSR count). The zero-order valence-corrected chi connectivity index (χ0v) is 11.4. The number of anilines is 1. The molecule has 20 heavy (non-hydrogen) atoms. The van der Waals surface area contributed by atoms with E-state index in [1.165, 1.54) is 11.1 Å². The molecule has 5 heteroatoms. The lowest BCUT2D eigenvalue weighted by molar-refractivity contribution is 0.919. The van der Waals surface area contributed by atoms with Crippen molar-refractivity contribution in [2.45, 2.75) is 20.0 Å². The van der Waals surface area contributed by atoms with Crippen LogP contribution in [0.4, 0.5) is 5.82 Å². The van der Waals surface area contributed by atoms with Gasteiger partial charge in [0.25, 0.3) is 0 Å². The monoisotopic (exact) mass is 267 g/mol. The molecule has 1 aromatic carbocycles. The molecule has 3 N–H and O–H groups in total. The molecule has 2 heterocycles. The highest BCUT2D eigenvalue weighted by Crippen LogP contribution is 2.10. The van der Waals surface area contributed by atoms with Crippen LogP contribution < -0.4 is 11.1 Å². The molecule has 2 aromatic heterocycles. The topological polar surface area (TPSA) is 68.2 Å². The summed E-state index contributed by atoms with van der Waals surface area (Å²) >= 11 is 0. The molecule has 5 nitrogen and oxygen atoms in total. The van der Waals surface area contributed by atoms with Crippen molar-refractivity contribution in [3.8, 4) is 0 Å². The van der Waals surface area contributed by atoms with Crippen LogP contribution in [-0.4, -0.2) is 14.6 Å². The second kappa shape index (κ2) is 5.30. The summed E-state index contributed by atoms with van der Waals surface area (Å²) in [5.74, 6) is 0.819. The fraction of sp³-hybridized carbons (Fsp3) is 0.200. The quantitative estimate of drug-likeness (QED) is 0.759. The van der Waals surface area contributed by atoms with Gasteiger partial charge in [-0.2, -0.15) is 0 Å². The van der Waals surface area contributed by atoms with Gasteiger partial charge in [0.1, 0.15) is 5.82 Å². The Balaban J connectivity index is 1.77. The molecular formula is C15H17N5. The predicted molar refractivity (Wildman–Crippen MR) is 79.4 cm³/mol. The van der Waals surface area contributed by atoms with Gasteiger partial charge in [-0.25, -0.2) is 9.50 Å². The number of fused-ring (bicyclic) bond motifs is 1. The number of nitrogens with one attached hydrogen (secondary N) is 1. The Kier molecular flexibility index (Phi) is 3.35. The number of nitrogens with two attached hydrogens (primary N) is 1. The van der Waals surface area contributed by atoms with Crippen LogP contribution in [0.1, 0.15) is 16.8 Å². The van der Waals surface area contributed by atoms with E-state index >= 15 is 0 Å². The van der Waals surface area contributed by atoms with E-state index in [-0.39, 0.29) is 0 Å². The van der Waals surface area contributed by atoms with Crippen molar-refractivity contribution in [2.75, 3.05) is 5.32 Å². The first kappa shape index (κ1) is 12.6. The summed E-state index contributed by atoms with van der Waals surface area (Å²) in [6, 6.07) is 12.3. The summed E-state index contributed by atoms with van der Waals surface area (Å²) in [5.41, 5.74) is 9.73. The highest BCUT2D eigenvalue weighted by atomic mass is 15.3. The Labute approximate surface area is 117 Å². The normalized spacial score (nSPS) is 10.9. The molecular weight excluding hydrogens is 250 g/mol. The average Bonchev–Trinajstić information content (AvgIpc) is 2.87. The molecule has 0 atom stereocenters. The van der Waals surface area contributed by atoms with E-state index in [1.807, 2.05) is 18.3 Å². The van der Waals surface area contributed by atoms with E-state index in [1.54, 1.807) is 4.52 Å². The number of hydrogen-bond donors (Lipinski definition) is 2. The summed E-state index contributed by atoms with van der Waals surface area (Å²) in [6.45, 7) is 3.27. The number of rotatable bonds is 4. The van der Waals surface area contributed by atoms with Crippen molar-refractivity contribution >= 4 is 11.5 Å². The van der Waals surface area contributed by atoms with Crippen molar-refractivity contribution < 1.29 is 0 Å². The molecule has 0 aliphatic carbocycles. The lowest BCUT2D eigenvalue weighted by atomic mass is 10.1. The lowest BCUT2D eigenvalue weighted by Gasteiger charge is -2.06. The van der Waals surface area contributed by atoms with E-state index in [4.69, 9.17) is 5.73 Å². The minimum absolute atomic E-state index is 0.426. The minimum atomic E-state index is 0.426. The van der Waals surface area contributed by atoms with Gasteiger partial charge in [0, 0.05) is 13.1 Å². The molecule has 0 fully saturated rings. The first-order valence-electron chi connectivity index (χ1n) is 6.59. The Bertz CT molecular complexity index is 732. The maximum atomic E-state index is 5.58. The van der Waals surface area contributed by atoms with Crippen molar-refractivity contribution in [1.29, 1.82) is 0 Å². The van der Waals surface area contributed by atoms with Gasteiger partial charge in [0.05, 0.1) is 11.9 Å². The summed E-state index contributed by atoms with van der Waals surface area (Å²) in [5, 5.41) is 7.79. The second-order valence-corrected chi connectivity index (χ2v) is 4.80. The van der Waals surface area contributed by atoms with Crippen molar-refractivity contribution in [1.82, 2.24) is 14.6 Å². The molecule has 0 aliphatic rings. The second-order valence-electron chi connectivity index (χ2n) is 4.80. The zero-order chi connectivity index (χ0) is 13.9. The fourth-order valence-corrected chi connectivity index (χ4v) is 2.14. The highest BCUT2D eigenvalue weighted by molar-refractivity contribution is 5.45. The molecule has 102 valence electrons. The molecule has 0 aliphatic heterocycles. The van der Waals surface area contributed by atoms with Crippen LogP contribution in [0.3, 0.4) is 0 Å². The van der Waals surface area contributed by atoms with Crippen LogP contribution in [-0.2, 0) is 13.1 Å². The fourth-order valence-electron chi connectivity index (χ4n) is 2.14. The lowest BCUT2D eigenvalue weighted by Crippen LogP contribution is -2.03. The number of imidazole rings is 1. The van der Waals surface area contributed by atoms with E-state index in [0.717, 1.165) is 23.7 Å². The van der Waals surface area contributed by atoms with Gasteiger partial charge >= 0.3 is 0 Å². The molecule has 0 radical (unpaired) electrons. The maximum absolute atomic E-state index is 5.58. The largest absolute Gasteiger partial charge is 0.365 e. The Morgan fingerprint density at radius 3 is 2.95 bits per heavy atom. The number of aryl methyl sites for hydroxylation is 1. The standard InChI is InChI=1S/C15H17N5/c1-11-3-2-4-12(7-11)9-17-14-5-6-15-18-13(8-16)10-20(15)19-14/h2-7,10H,8-9,16H2,1H3,(H,17,19). The van der Waals surface area contributed by atoms with Crippen LogP contribution in [0.15, 0.2) is 42.6 Å². The molecule has 0 unspecified atom stereocenters. The zero-order valence-electron chi connectivity index (χ0n) is 11.4. The average molecular weight is 267 g/mol. The summed E-state index contributed by atoms with van der Waals surface area (Å²) < 4.78 is 1.75. The van der Waals surface area contributed by atoms with Crippen molar-refractivity contribution in [3.05, 3.63) is 59.4 Å². The third-order valence-electron chi connectivity index (χ3n) is 3.14. The predicted octanol–water partition coefficient (Wildman–Crippen LogP) is 2.11. The first-order chi connectivity index (χ1) is 9.74. The van der Waals surface area contributed by atoms with Crippen molar-refractivity contribution in [3.63, 3.8) is 0 Å². The number of hydrogen-bond acceptors (Lipinski definition) is 4. The van der Waals surface area contributed by atoms with E-state index in [9.17, 15) is 0 Å². The smallest absolute Gasteiger partial charge is 0.153 e. The van der Waals surface area contributed by atoms with Crippen LogP contribution in [0, 0.1) is 6.92 Å². The first-order valence-corrected chi connectivity index (χ1v) is 6.59. The third kappa shape index (κ3) is 2.62. The summed E-state index contributed by atoms with van der Waals surface area (Å²) in [4.78, 5) is 4.35. The number of nitrogens with zero attached hydrogens (tertiary/aromatic N) is 3. The van der Waals surface area contributed by atoms with Gasteiger partial charge in [-0.15, -0.1) is 5.10 Å². The Morgan fingerprint density at radius 2 is 2.15 bits per heavy atom.